The average molecular weight is 363 g/mol. The van der Waals surface area contributed by atoms with Crippen molar-refractivity contribution in [1.82, 2.24) is 10.3 Å². The number of methoxy groups -OCH3 is 1. The first-order valence-corrected chi connectivity index (χ1v) is 8.88. The first kappa shape index (κ1) is 17.1. The van der Waals surface area contributed by atoms with Crippen molar-refractivity contribution in [3.8, 4) is 5.75 Å². The van der Waals surface area contributed by atoms with Gasteiger partial charge in [0.2, 0.25) is 0 Å². The molecule has 1 fully saturated rings. The summed E-state index contributed by atoms with van der Waals surface area (Å²) < 4.78 is 10.6. The molecule has 1 aliphatic heterocycles. The number of hydrogen-bond donors (Lipinski definition) is 1. The fourth-order valence-corrected chi connectivity index (χ4v) is 3.21. The molecule has 1 aromatic heterocycles. The zero-order valence-corrected chi connectivity index (χ0v) is 15.1. The highest BCUT2D eigenvalue weighted by Gasteiger charge is 2.29. The zero-order valence-electron chi connectivity index (χ0n) is 15.1. The van der Waals surface area contributed by atoms with Gasteiger partial charge in [-0.15, -0.1) is 0 Å². The second-order valence-electron chi connectivity index (χ2n) is 6.52. The van der Waals surface area contributed by atoms with Crippen LogP contribution in [0.25, 0.3) is 10.9 Å². The maximum atomic E-state index is 12.0. The van der Waals surface area contributed by atoms with E-state index in [-0.39, 0.29) is 18.7 Å². The summed E-state index contributed by atoms with van der Waals surface area (Å²) in [6, 6.07) is 17.6. The van der Waals surface area contributed by atoms with Crippen LogP contribution in [0.5, 0.6) is 5.75 Å². The summed E-state index contributed by atoms with van der Waals surface area (Å²) >= 11 is 0. The molecule has 0 unspecified atom stereocenters. The normalized spacial score (nSPS) is 13.9. The number of amides is 1. The molecular formula is C21H21N3O3. The number of rotatable bonds is 5. The van der Waals surface area contributed by atoms with E-state index < -0.39 is 0 Å². The minimum absolute atomic E-state index is 0.0714. The van der Waals surface area contributed by atoms with E-state index >= 15 is 0 Å². The molecule has 1 amide bonds. The van der Waals surface area contributed by atoms with Crippen molar-refractivity contribution >= 4 is 22.7 Å². The van der Waals surface area contributed by atoms with Gasteiger partial charge in [0.15, 0.2) is 0 Å². The smallest absolute Gasteiger partial charge is 0.407 e. The number of ether oxygens (including phenoxy) is 2. The molecule has 0 aliphatic carbocycles. The number of pyridine rings is 1. The predicted molar refractivity (Wildman–Crippen MR) is 104 cm³/mol. The maximum absolute atomic E-state index is 12.0. The summed E-state index contributed by atoms with van der Waals surface area (Å²) in [5.41, 5.74) is 2.99. The fraction of sp³-hybridized carbons (Fsp3) is 0.238. The van der Waals surface area contributed by atoms with E-state index in [2.05, 4.69) is 15.2 Å². The second-order valence-corrected chi connectivity index (χ2v) is 6.52. The van der Waals surface area contributed by atoms with Gasteiger partial charge in [-0.2, -0.15) is 0 Å². The third-order valence-electron chi connectivity index (χ3n) is 4.68. The van der Waals surface area contributed by atoms with Crippen LogP contribution >= 0.6 is 0 Å². The largest absolute Gasteiger partial charge is 0.497 e. The monoisotopic (exact) mass is 363 g/mol. The SMILES string of the molecule is COc1ccc2nccc(N3CC(NC(=O)OCc4ccccc4)C3)c2c1. The lowest BCUT2D eigenvalue weighted by molar-refractivity contribution is 0.134. The number of anilines is 1. The standard InChI is InChI=1S/C21H21N3O3/c1-26-17-7-8-19-18(11-17)20(9-10-22-19)24-12-16(13-24)23-21(25)27-14-15-5-3-2-4-6-15/h2-11,16H,12-14H2,1H3,(H,23,25). The van der Waals surface area contributed by atoms with Crippen molar-refractivity contribution in [2.75, 3.05) is 25.1 Å². The molecule has 1 aliphatic rings. The van der Waals surface area contributed by atoms with Crippen LogP contribution in [0.4, 0.5) is 10.5 Å². The van der Waals surface area contributed by atoms with Crippen LogP contribution in [-0.4, -0.2) is 37.3 Å². The van der Waals surface area contributed by atoms with Gasteiger partial charge < -0.3 is 19.7 Å². The number of benzene rings is 2. The highest BCUT2D eigenvalue weighted by atomic mass is 16.5. The van der Waals surface area contributed by atoms with Crippen LogP contribution in [0.2, 0.25) is 0 Å². The molecule has 6 nitrogen and oxygen atoms in total. The highest BCUT2D eigenvalue weighted by Crippen LogP contribution is 2.31. The molecule has 2 heterocycles. The summed E-state index contributed by atoms with van der Waals surface area (Å²) in [4.78, 5) is 18.6. The second kappa shape index (κ2) is 7.53. The summed E-state index contributed by atoms with van der Waals surface area (Å²) in [6.07, 6.45) is 1.42. The van der Waals surface area contributed by atoms with Gasteiger partial charge in [-0.05, 0) is 29.8 Å². The van der Waals surface area contributed by atoms with Crippen LogP contribution in [0, 0.1) is 0 Å². The number of nitrogens with one attached hydrogen (secondary N) is 1. The molecule has 1 saturated heterocycles. The number of hydrogen-bond acceptors (Lipinski definition) is 5. The molecule has 138 valence electrons. The van der Waals surface area contributed by atoms with Crippen LogP contribution in [0.15, 0.2) is 60.8 Å². The van der Waals surface area contributed by atoms with Crippen LogP contribution in [-0.2, 0) is 11.3 Å². The Morgan fingerprint density at radius 3 is 2.78 bits per heavy atom. The number of carbonyl (C=O) groups is 1. The Balaban J connectivity index is 1.34. The summed E-state index contributed by atoms with van der Waals surface area (Å²) in [6.45, 7) is 1.74. The van der Waals surface area contributed by atoms with Crippen molar-refractivity contribution in [3.63, 3.8) is 0 Å². The number of carbonyl (C=O) groups excluding carboxylic acids is 1. The Morgan fingerprint density at radius 1 is 1.19 bits per heavy atom. The Bertz CT molecular complexity index is 940. The van der Waals surface area contributed by atoms with Crippen LogP contribution in [0.1, 0.15) is 5.56 Å². The van der Waals surface area contributed by atoms with Crippen LogP contribution < -0.4 is 15.0 Å². The lowest BCUT2D eigenvalue weighted by Crippen LogP contribution is -2.59. The minimum Gasteiger partial charge on any atom is -0.497 e. The van der Waals surface area contributed by atoms with Gasteiger partial charge in [0.05, 0.1) is 18.7 Å². The Labute approximate surface area is 157 Å². The Morgan fingerprint density at radius 2 is 2.00 bits per heavy atom. The van der Waals surface area contributed by atoms with E-state index in [4.69, 9.17) is 9.47 Å². The van der Waals surface area contributed by atoms with Crippen LogP contribution in [0.3, 0.4) is 0 Å². The maximum Gasteiger partial charge on any atom is 0.407 e. The lowest BCUT2D eigenvalue weighted by Gasteiger charge is -2.41. The molecule has 6 heteroatoms. The molecule has 4 rings (SSSR count). The number of aromatic nitrogens is 1. The van der Waals surface area contributed by atoms with E-state index in [1.54, 1.807) is 13.3 Å². The number of fused-ring (bicyclic) bond motifs is 1. The van der Waals surface area contributed by atoms with E-state index in [0.717, 1.165) is 41.0 Å². The zero-order chi connectivity index (χ0) is 18.6. The molecule has 0 radical (unpaired) electrons. The van der Waals surface area contributed by atoms with Gasteiger partial charge in [0.25, 0.3) is 0 Å². The van der Waals surface area contributed by atoms with Gasteiger partial charge >= 0.3 is 6.09 Å². The van der Waals surface area contributed by atoms with E-state index in [0.29, 0.717) is 0 Å². The van der Waals surface area contributed by atoms with E-state index in [1.165, 1.54) is 0 Å². The third kappa shape index (κ3) is 3.79. The summed E-state index contributed by atoms with van der Waals surface area (Å²) in [5.74, 6) is 0.802. The van der Waals surface area contributed by atoms with Crippen molar-refractivity contribution in [2.24, 2.45) is 0 Å². The van der Waals surface area contributed by atoms with Gasteiger partial charge in [0.1, 0.15) is 12.4 Å². The van der Waals surface area contributed by atoms with Crippen molar-refractivity contribution < 1.29 is 14.3 Å². The predicted octanol–water partition coefficient (Wildman–Crippen LogP) is 3.36. The summed E-state index contributed by atoms with van der Waals surface area (Å²) in [5, 5.41) is 3.96. The van der Waals surface area contributed by atoms with Gasteiger partial charge in [0, 0.05) is 30.4 Å². The molecule has 27 heavy (non-hydrogen) atoms. The lowest BCUT2D eigenvalue weighted by atomic mass is 10.1. The quantitative estimate of drug-likeness (QED) is 0.753. The topological polar surface area (TPSA) is 63.7 Å². The molecule has 0 saturated carbocycles. The molecule has 0 bridgehead atoms. The molecule has 2 aromatic carbocycles. The fourth-order valence-electron chi connectivity index (χ4n) is 3.21. The van der Waals surface area contributed by atoms with Crippen molar-refractivity contribution in [1.29, 1.82) is 0 Å². The third-order valence-corrected chi connectivity index (χ3v) is 4.68. The molecule has 3 aromatic rings. The Hall–Kier alpha value is -3.28. The number of nitrogens with zero attached hydrogens (tertiary/aromatic N) is 2. The van der Waals surface area contributed by atoms with E-state index in [1.807, 2.05) is 54.6 Å². The van der Waals surface area contributed by atoms with E-state index in [9.17, 15) is 4.79 Å². The van der Waals surface area contributed by atoms with Gasteiger partial charge in [-0.1, -0.05) is 30.3 Å². The van der Waals surface area contributed by atoms with Crippen molar-refractivity contribution in [3.05, 3.63) is 66.4 Å². The summed E-state index contributed by atoms with van der Waals surface area (Å²) in [7, 11) is 1.65. The van der Waals surface area contributed by atoms with Crippen molar-refractivity contribution in [2.45, 2.75) is 12.6 Å². The Kier molecular flexibility index (Phi) is 4.78. The average Bonchev–Trinajstić information content (AvgIpc) is 2.69. The van der Waals surface area contributed by atoms with Gasteiger partial charge in [-0.25, -0.2) is 4.79 Å². The molecular weight excluding hydrogens is 342 g/mol. The highest BCUT2D eigenvalue weighted by molar-refractivity contribution is 5.93. The minimum atomic E-state index is -0.384. The molecule has 1 N–H and O–H groups in total. The molecule has 0 spiro atoms. The van der Waals surface area contributed by atoms with Gasteiger partial charge in [-0.3, -0.25) is 4.98 Å². The first-order chi connectivity index (χ1) is 13.2. The first-order valence-electron chi connectivity index (χ1n) is 8.88. The number of alkyl carbamates (subject to hydrolysis) is 1. The molecule has 0 atom stereocenters.